The first-order chi connectivity index (χ1) is 13.7. The second kappa shape index (κ2) is 7.66. The number of carbonyl (C=O) groups is 1. The fourth-order valence-electron chi connectivity index (χ4n) is 2.95. The van der Waals surface area contributed by atoms with E-state index in [0.29, 0.717) is 15.4 Å². The van der Waals surface area contributed by atoms with E-state index in [9.17, 15) is 9.59 Å². The van der Waals surface area contributed by atoms with Crippen LogP contribution in [0.5, 0.6) is 0 Å². The molecule has 28 heavy (non-hydrogen) atoms. The van der Waals surface area contributed by atoms with Crippen LogP contribution in [0.3, 0.4) is 0 Å². The predicted molar refractivity (Wildman–Crippen MR) is 111 cm³/mol. The minimum absolute atomic E-state index is 0.164. The number of nitrogens with one attached hydrogen (secondary N) is 1. The van der Waals surface area contributed by atoms with Crippen molar-refractivity contribution in [3.05, 3.63) is 82.2 Å². The van der Waals surface area contributed by atoms with Gasteiger partial charge in [-0.05, 0) is 37.3 Å². The molecule has 0 unspecified atom stereocenters. The zero-order chi connectivity index (χ0) is 19.5. The van der Waals surface area contributed by atoms with Gasteiger partial charge in [0.05, 0.1) is 29.9 Å². The highest BCUT2D eigenvalue weighted by molar-refractivity contribution is 7.21. The molecule has 0 bridgehead atoms. The van der Waals surface area contributed by atoms with Gasteiger partial charge in [-0.2, -0.15) is 0 Å². The summed E-state index contributed by atoms with van der Waals surface area (Å²) in [5, 5.41) is 4.03. The number of thiophene rings is 1. The molecule has 3 aromatic heterocycles. The number of nitrogens with zero attached hydrogens (tertiary/aromatic N) is 2. The lowest BCUT2D eigenvalue weighted by Crippen LogP contribution is -2.16. The molecule has 0 aliphatic rings. The van der Waals surface area contributed by atoms with Gasteiger partial charge in [-0.25, -0.2) is 4.79 Å². The molecule has 4 aromatic rings. The zero-order valence-electron chi connectivity index (χ0n) is 15.1. The van der Waals surface area contributed by atoms with E-state index in [4.69, 9.17) is 4.74 Å². The average Bonchev–Trinajstić information content (AvgIpc) is 3.08. The molecule has 0 amide bonds. The second-order valence-electron chi connectivity index (χ2n) is 5.95. The summed E-state index contributed by atoms with van der Waals surface area (Å²) in [4.78, 5) is 30.4. The average molecular weight is 391 g/mol. The maximum Gasteiger partial charge on any atom is 0.350 e. The summed E-state index contributed by atoms with van der Waals surface area (Å²) in [5.41, 5.74) is 1.92. The minimum atomic E-state index is -0.429. The number of esters is 1. The molecule has 0 radical (unpaired) electrons. The van der Waals surface area contributed by atoms with Crippen LogP contribution in [0.2, 0.25) is 0 Å². The number of para-hydroxylation sites is 1. The Balaban J connectivity index is 1.97. The highest BCUT2D eigenvalue weighted by Crippen LogP contribution is 2.38. The summed E-state index contributed by atoms with van der Waals surface area (Å²) in [6.45, 7) is 2.03. The van der Waals surface area contributed by atoms with Gasteiger partial charge in [0.1, 0.15) is 9.71 Å². The third-order valence-corrected chi connectivity index (χ3v) is 5.32. The minimum Gasteiger partial charge on any atom is -0.462 e. The first kappa shape index (κ1) is 17.9. The van der Waals surface area contributed by atoms with Crippen LogP contribution in [0.4, 0.5) is 11.4 Å². The quantitative estimate of drug-likeness (QED) is 0.512. The maximum absolute atomic E-state index is 12.6. The van der Waals surface area contributed by atoms with Crippen molar-refractivity contribution < 1.29 is 9.53 Å². The molecule has 1 N–H and O–H groups in total. The van der Waals surface area contributed by atoms with Crippen LogP contribution in [0.25, 0.3) is 15.9 Å². The smallest absolute Gasteiger partial charge is 0.350 e. The topological polar surface area (TPSA) is 73.2 Å². The van der Waals surface area contributed by atoms with E-state index in [2.05, 4.69) is 10.3 Å². The molecule has 1 aromatic carbocycles. The summed E-state index contributed by atoms with van der Waals surface area (Å²) >= 11 is 1.23. The van der Waals surface area contributed by atoms with Crippen molar-refractivity contribution in [2.24, 2.45) is 0 Å². The van der Waals surface area contributed by atoms with Crippen LogP contribution < -0.4 is 10.9 Å². The number of aromatic nitrogens is 2. The Morgan fingerprint density at radius 2 is 1.96 bits per heavy atom. The lowest BCUT2D eigenvalue weighted by atomic mass is 10.2. The van der Waals surface area contributed by atoms with E-state index >= 15 is 0 Å². The zero-order valence-corrected chi connectivity index (χ0v) is 15.9. The van der Waals surface area contributed by atoms with E-state index in [1.54, 1.807) is 36.0 Å². The Morgan fingerprint density at radius 3 is 2.68 bits per heavy atom. The Hall–Kier alpha value is -3.45. The lowest BCUT2D eigenvalue weighted by molar-refractivity contribution is 0.0533. The Kier molecular flexibility index (Phi) is 4.90. The number of anilines is 2. The van der Waals surface area contributed by atoms with Crippen molar-refractivity contribution in [3.8, 4) is 5.69 Å². The van der Waals surface area contributed by atoms with Crippen LogP contribution in [-0.2, 0) is 4.74 Å². The standard InChI is InChI=1S/C21H17N3O3S/c1-2-27-21(26)19-18(23-14-7-6-12-22-13-14)16-10-11-17(25)24(20(16)28-19)15-8-4-3-5-9-15/h3-13,23H,2H2,1H3. The molecule has 7 heteroatoms. The van der Waals surface area contributed by atoms with Gasteiger partial charge >= 0.3 is 5.97 Å². The van der Waals surface area contributed by atoms with E-state index in [1.807, 2.05) is 36.4 Å². The van der Waals surface area contributed by atoms with Crippen LogP contribution in [0, 0.1) is 0 Å². The summed E-state index contributed by atoms with van der Waals surface area (Å²) in [6.07, 6.45) is 3.35. The molecule has 0 fully saturated rings. The fourth-order valence-corrected chi connectivity index (χ4v) is 4.11. The van der Waals surface area contributed by atoms with Crippen molar-refractivity contribution >= 4 is 38.9 Å². The summed E-state index contributed by atoms with van der Waals surface area (Å²) < 4.78 is 6.85. The van der Waals surface area contributed by atoms with E-state index in [1.165, 1.54) is 17.4 Å². The predicted octanol–water partition coefficient (Wildman–Crippen LogP) is 4.37. The highest BCUT2D eigenvalue weighted by Gasteiger charge is 2.22. The molecule has 0 aliphatic heterocycles. The molecule has 6 nitrogen and oxygen atoms in total. The molecule has 0 saturated carbocycles. The van der Waals surface area contributed by atoms with Gasteiger partial charge < -0.3 is 10.1 Å². The van der Waals surface area contributed by atoms with Crippen molar-refractivity contribution in [1.82, 2.24) is 9.55 Å². The normalized spacial score (nSPS) is 10.8. The molecule has 140 valence electrons. The first-order valence-electron chi connectivity index (χ1n) is 8.77. The van der Waals surface area contributed by atoms with Crippen molar-refractivity contribution in [2.75, 3.05) is 11.9 Å². The van der Waals surface area contributed by atoms with E-state index < -0.39 is 5.97 Å². The highest BCUT2D eigenvalue weighted by atomic mass is 32.1. The van der Waals surface area contributed by atoms with Gasteiger partial charge in [0.25, 0.3) is 5.56 Å². The first-order valence-corrected chi connectivity index (χ1v) is 9.59. The van der Waals surface area contributed by atoms with Crippen molar-refractivity contribution in [1.29, 1.82) is 0 Å². The Labute approximate surface area is 165 Å². The Morgan fingerprint density at radius 1 is 1.14 bits per heavy atom. The summed E-state index contributed by atoms with van der Waals surface area (Å²) in [6, 6.07) is 16.3. The number of pyridine rings is 2. The van der Waals surface area contributed by atoms with Crippen LogP contribution in [-0.4, -0.2) is 22.1 Å². The van der Waals surface area contributed by atoms with Gasteiger partial charge in [0.2, 0.25) is 0 Å². The van der Waals surface area contributed by atoms with Crippen molar-refractivity contribution in [2.45, 2.75) is 6.92 Å². The molecule has 4 rings (SSSR count). The van der Waals surface area contributed by atoms with Crippen LogP contribution in [0.1, 0.15) is 16.6 Å². The number of hydrogen-bond donors (Lipinski definition) is 1. The largest absolute Gasteiger partial charge is 0.462 e. The SMILES string of the molecule is CCOC(=O)c1sc2c(ccc(=O)n2-c2ccccc2)c1Nc1cccnc1. The summed E-state index contributed by atoms with van der Waals surface area (Å²) in [5.74, 6) is -0.429. The van der Waals surface area contributed by atoms with Gasteiger partial charge in [0, 0.05) is 17.6 Å². The van der Waals surface area contributed by atoms with Gasteiger partial charge in [0.15, 0.2) is 0 Å². The number of benzene rings is 1. The van der Waals surface area contributed by atoms with Crippen molar-refractivity contribution in [3.63, 3.8) is 0 Å². The molecule has 0 saturated heterocycles. The number of fused-ring (bicyclic) bond motifs is 1. The van der Waals surface area contributed by atoms with Crippen LogP contribution >= 0.6 is 11.3 Å². The maximum atomic E-state index is 12.6. The molecule has 3 heterocycles. The van der Waals surface area contributed by atoms with Gasteiger partial charge in [-0.1, -0.05) is 18.2 Å². The lowest BCUT2D eigenvalue weighted by Gasteiger charge is -2.09. The number of rotatable bonds is 5. The van der Waals surface area contributed by atoms with E-state index in [0.717, 1.165) is 16.8 Å². The number of carbonyl (C=O) groups excluding carboxylic acids is 1. The number of hydrogen-bond acceptors (Lipinski definition) is 6. The summed E-state index contributed by atoms with van der Waals surface area (Å²) in [7, 11) is 0. The molecule has 0 spiro atoms. The molecular weight excluding hydrogens is 374 g/mol. The van der Waals surface area contributed by atoms with E-state index in [-0.39, 0.29) is 12.2 Å². The fraction of sp³-hybridized carbons (Fsp3) is 0.0952. The third kappa shape index (κ3) is 3.27. The van der Waals surface area contributed by atoms with Crippen LogP contribution in [0.15, 0.2) is 71.8 Å². The monoisotopic (exact) mass is 391 g/mol. The molecular formula is C21H17N3O3S. The number of ether oxygens (including phenoxy) is 1. The Bertz CT molecular complexity index is 1180. The van der Waals surface area contributed by atoms with Gasteiger partial charge in [-0.3, -0.25) is 14.3 Å². The molecule has 0 atom stereocenters. The van der Waals surface area contributed by atoms with Gasteiger partial charge in [-0.15, -0.1) is 11.3 Å². The second-order valence-corrected chi connectivity index (χ2v) is 6.95. The third-order valence-electron chi connectivity index (χ3n) is 4.15. The molecule has 0 aliphatic carbocycles.